The van der Waals surface area contributed by atoms with Crippen molar-refractivity contribution in [1.29, 1.82) is 0 Å². The quantitative estimate of drug-likeness (QED) is 0.242. The zero-order chi connectivity index (χ0) is 13.0. The summed E-state index contributed by atoms with van der Waals surface area (Å²) >= 11 is 0. The molecule has 0 aromatic heterocycles. The van der Waals surface area contributed by atoms with E-state index in [1.807, 2.05) is 6.92 Å². The average molecular weight is 306 g/mol. The predicted octanol–water partition coefficient (Wildman–Crippen LogP) is 5.18. The third-order valence-corrected chi connectivity index (χ3v) is 5.86. The largest absolute Gasteiger partial charge is 0.202 e. The van der Waals surface area contributed by atoms with Gasteiger partial charge in [-0.05, 0) is 27.0 Å². The lowest BCUT2D eigenvalue weighted by molar-refractivity contribution is 0.361. The molecule has 0 saturated heterocycles. The van der Waals surface area contributed by atoms with E-state index >= 15 is 0 Å². The van der Waals surface area contributed by atoms with E-state index in [1.54, 1.807) is 0 Å². The Kier molecular flexibility index (Phi) is 5.94. The van der Waals surface area contributed by atoms with Gasteiger partial charge in [-0.25, -0.2) is 22.0 Å². The van der Waals surface area contributed by atoms with Gasteiger partial charge < -0.3 is 0 Å². The lowest BCUT2D eigenvalue weighted by Gasteiger charge is -2.06. The van der Waals surface area contributed by atoms with Crippen molar-refractivity contribution in [3.05, 3.63) is 29.1 Å². The molecular weight excluding hydrogens is 299 g/mol. The Morgan fingerprint density at radius 1 is 0.824 bits per heavy atom. The molecule has 0 nitrogen and oxygen atoms in total. The monoisotopic (exact) mass is 306 g/mol. The first-order valence-electron chi connectivity index (χ1n) is 4.48. The lowest BCUT2D eigenvalue weighted by Crippen LogP contribution is -2.02. The molecule has 8 heteroatoms. The molecule has 0 aliphatic carbocycles. The first kappa shape index (κ1) is 15.0. The van der Waals surface area contributed by atoms with Crippen molar-refractivity contribution in [2.24, 2.45) is 0 Å². The van der Waals surface area contributed by atoms with Gasteiger partial charge in [-0.1, -0.05) is 17.7 Å². The van der Waals surface area contributed by atoms with E-state index in [1.165, 1.54) is 10.8 Å². The van der Waals surface area contributed by atoms with E-state index in [-0.39, 0.29) is 0 Å². The van der Waals surface area contributed by atoms with E-state index in [9.17, 15) is 22.0 Å². The SMILES string of the molecule is CCCSSSc1c(F)c(F)c(F)c(F)c1F. The molecule has 0 bridgehead atoms. The minimum atomic E-state index is -2.13. The number of halogens is 5. The van der Waals surface area contributed by atoms with Crippen molar-refractivity contribution in [1.82, 2.24) is 0 Å². The summed E-state index contributed by atoms with van der Waals surface area (Å²) in [4.78, 5) is -0.852. The Morgan fingerprint density at radius 3 is 1.76 bits per heavy atom. The van der Waals surface area contributed by atoms with Crippen LogP contribution in [0.3, 0.4) is 0 Å². The molecule has 1 aromatic carbocycles. The molecule has 0 heterocycles. The molecule has 17 heavy (non-hydrogen) atoms. The molecule has 96 valence electrons. The first-order chi connectivity index (χ1) is 8.00. The maximum Gasteiger partial charge on any atom is 0.200 e. The van der Waals surface area contributed by atoms with Gasteiger partial charge in [-0.2, -0.15) is 0 Å². The highest BCUT2D eigenvalue weighted by molar-refractivity contribution is 9.09. The third kappa shape index (κ3) is 3.45. The Labute approximate surface area is 107 Å². The molecule has 0 amide bonds. The van der Waals surface area contributed by atoms with Crippen molar-refractivity contribution in [2.45, 2.75) is 18.2 Å². The van der Waals surface area contributed by atoms with Gasteiger partial charge in [-0.3, -0.25) is 0 Å². The molecule has 0 unspecified atom stereocenters. The average Bonchev–Trinajstić information content (AvgIpc) is 2.33. The maximum atomic E-state index is 13.1. The second-order valence-electron chi connectivity index (χ2n) is 2.87. The number of rotatable bonds is 5. The zero-order valence-corrected chi connectivity index (χ0v) is 11.0. The summed E-state index contributed by atoms with van der Waals surface area (Å²) in [6, 6.07) is 0. The molecule has 1 rings (SSSR count). The Bertz CT molecular complexity index is 381. The zero-order valence-electron chi connectivity index (χ0n) is 8.53. The molecule has 0 aliphatic rings. The number of hydrogen-bond acceptors (Lipinski definition) is 3. The molecule has 0 N–H and O–H groups in total. The van der Waals surface area contributed by atoms with Gasteiger partial charge in [0.25, 0.3) is 0 Å². The van der Waals surface area contributed by atoms with Crippen molar-refractivity contribution < 1.29 is 22.0 Å². The normalized spacial score (nSPS) is 10.9. The second-order valence-corrected chi connectivity index (χ2v) is 7.07. The fraction of sp³-hybridized carbons (Fsp3) is 0.333. The number of benzene rings is 1. The van der Waals surface area contributed by atoms with Gasteiger partial charge in [-0.15, -0.1) is 0 Å². The molecule has 0 atom stereocenters. The van der Waals surface area contributed by atoms with Crippen LogP contribution in [0.15, 0.2) is 4.90 Å². The van der Waals surface area contributed by atoms with Crippen LogP contribution in [0, 0.1) is 29.1 Å². The van der Waals surface area contributed by atoms with Crippen LogP contribution in [0.5, 0.6) is 0 Å². The summed E-state index contributed by atoms with van der Waals surface area (Å²) in [5.41, 5.74) is 0. The summed E-state index contributed by atoms with van der Waals surface area (Å²) in [7, 11) is 2.80. The van der Waals surface area contributed by atoms with Crippen molar-refractivity contribution in [3.8, 4) is 0 Å². The van der Waals surface area contributed by atoms with E-state index in [0.717, 1.165) is 22.0 Å². The van der Waals surface area contributed by atoms with Crippen LogP contribution in [-0.4, -0.2) is 5.75 Å². The van der Waals surface area contributed by atoms with Gasteiger partial charge in [0.1, 0.15) is 0 Å². The van der Waals surface area contributed by atoms with Crippen LogP contribution in [0.1, 0.15) is 13.3 Å². The topological polar surface area (TPSA) is 0 Å². The molecule has 0 fully saturated rings. The summed E-state index contributed by atoms with van der Waals surface area (Å²) < 4.78 is 64.6. The Balaban J connectivity index is 2.92. The fourth-order valence-corrected chi connectivity index (χ4v) is 4.66. The van der Waals surface area contributed by atoms with E-state index in [0.29, 0.717) is 10.8 Å². The Hall–Kier alpha value is -0.0800. The maximum absolute atomic E-state index is 13.1. The summed E-state index contributed by atoms with van der Waals surface area (Å²) in [5, 5.41) is 0. The highest BCUT2D eigenvalue weighted by atomic mass is 33.5. The van der Waals surface area contributed by atoms with Gasteiger partial charge in [0.2, 0.25) is 5.82 Å². The second kappa shape index (κ2) is 6.75. The minimum absolute atomic E-state index is 0.534. The highest BCUT2D eigenvalue weighted by Gasteiger charge is 2.26. The van der Waals surface area contributed by atoms with Gasteiger partial charge in [0, 0.05) is 5.75 Å². The van der Waals surface area contributed by atoms with Crippen LogP contribution in [0.2, 0.25) is 0 Å². The van der Waals surface area contributed by atoms with Crippen LogP contribution >= 0.6 is 31.4 Å². The standard InChI is InChI=1S/C9H7F5S3/c1-2-3-15-17-16-9-7(13)5(11)4(10)6(12)8(9)14/h2-3H2,1H3. The van der Waals surface area contributed by atoms with E-state index in [2.05, 4.69) is 0 Å². The molecular formula is C9H7F5S3. The molecule has 1 aromatic rings. The minimum Gasteiger partial charge on any atom is -0.202 e. The van der Waals surface area contributed by atoms with Crippen LogP contribution in [-0.2, 0) is 0 Å². The van der Waals surface area contributed by atoms with Gasteiger partial charge in [0.05, 0.1) is 4.90 Å². The van der Waals surface area contributed by atoms with Crippen molar-refractivity contribution >= 4 is 31.4 Å². The highest BCUT2D eigenvalue weighted by Crippen LogP contribution is 2.43. The molecule has 0 aliphatic heterocycles. The molecule has 0 spiro atoms. The summed E-state index contributed by atoms with van der Waals surface area (Å²) in [6.45, 7) is 1.91. The lowest BCUT2D eigenvalue weighted by atomic mass is 10.3. The van der Waals surface area contributed by atoms with Gasteiger partial charge in [0.15, 0.2) is 23.3 Å². The van der Waals surface area contributed by atoms with Crippen molar-refractivity contribution in [2.75, 3.05) is 5.75 Å². The molecule has 0 radical (unpaired) electrons. The van der Waals surface area contributed by atoms with Crippen molar-refractivity contribution in [3.63, 3.8) is 0 Å². The van der Waals surface area contributed by atoms with Crippen LogP contribution < -0.4 is 0 Å². The summed E-state index contributed by atoms with van der Waals surface area (Å²) in [5.74, 6) is -8.78. The fourth-order valence-electron chi connectivity index (χ4n) is 0.833. The van der Waals surface area contributed by atoms with Crippen LogP contribution in [0.4, 0.5) is 22.0 Å². The van der Waals surface area contributed by atoms with E-state index in [4.69, 9.17) is 0 Å². The predicted molar refractivity (Wildman–Crippen MR) is 62.4 cm³/mol. The van der Waals surface area contributed by atoms with Crippen LogP contribution in [0.25, 0.3) is 0 Å². The summed E-state index contributed by atoms with van der Waals surface area (Å²) in [6.07, 6.45) is 0.856. The number of hydrogen-bond donors (Lipinski definition) is 0. The van der Waals surface area contributed by atoms with Gasteiger partial charge >= 0.3 is 0 Å². The van der Waals surface area contributed by atoms with E-state index < -0.39 is 34.0 Å². The third-order valence-electron chi connectivity index (χ3n) is 1.62. The Morgan fingerprint density at radius 2 is 1.29 bits per heavy atom. The first-order valence-corrected chi connectivity index (χ1v) is 8.13. The smallest absolute Gasteiger partial charge is 0.200 e. The molecule has 0 saturated carbocycles.